The lowest BCUT2D eigenvalue weighted by atomic mass is 10.2. The Morgan fingerprint density at radius 1 is 1.27 bits per heavy atom. The third-order valence-electron chi connectivity index (χ3n) is 2.25. The first-order chi connectivity index (χ1) is 7.19. The first kappa shape index (κ1) is 12.3. The lowest BCUT2D eigenvalue weighted by molar-refractivity contribution is 0.972. The molecule has 0 radical (unpaired) electrons. The van der Waals surface area contributed by atoms with E-state index in [1.54, 1.807) is 0 Å². The van der Waals surface area contributed by atoms with Gasteiger partial charge in [0, 0.05) is 18.3 Å². The minimum atomic E-state index is 0.906. The molecule has 0 unspecified atom stereocenters. The molecule has 1 aromatic rings. The van der Waals surface area contributed by atoms with Gasteiger partial charge in [0.25, 0.3) is 0 Å². The molecule has 0 aliphatic carbocycles. The van der Waals surface area contributed by atoms with Gasteiger partial charge in [-0.2, -0.15) is 11.8 Å². The Labute approximate surface area is 96.1 Å². The zero-order chi connectivity index (χ0) is 11.3. The van der Waals surface area contributed by atoms with Crippen molar-refractivity contribution >= 4 is 17.6 Å². The minimum absolute atomic E-state index is 0.906. The second kappa shape index (κ2) is 5.95. The first-order valence-electron chi connectivity index (χ1n) is 5.28. The molecule has 0 bridgehead atoms. The van der Waals surface area contributed by atoms with Gasteiger partial charge in [0.05, 0.1) is 5.75 Å². The monoisotopic (exact) mass is 225 g/mol. The van der Waals surface area contributed by atoms with E-state index >= 15 is 0 Å². The van der Waals surface area contributed by atoms with Crippen LogP contribution in [0.1, 0.15) is 30.4 Å². The molecule has 0 aromatic carbocycles. The van der Waals surface area contributed by atoms with Crippen LogP contribution in [-0.2, 0) is 5.75 Å². The van der Waals surface area contributed by atoms with Crippen LogP contribution in [0, 0.1) is 13.8 Å². The number of thioether (sulfide) groups is 1. The topological polar surface area (TPSA) is 37.8 Å². The fraction of sp³-hybridized carbons (Fsp3) is 0.636. The van der Waals surface area contributed by atoms with Gasteiger partial charge in [0.15, 0.2) is 0 Å². The minimum Gasteiger partial charge on any atom is -0.373 e. The van der Waals surface area contributed by atoms with Crippen molar-refractivity contribution < 1.29 is 0 Å². The van der Waals surface area contributed by atoms with Gasteiger partial charge in [0.1, 0.15) is 11.6 Å². The van der Waals surface area contributed by atoms with Gasteiger partial charge in [-0.05, 0) is 26.0 Å². The Balaban J connectivity index is 2.77. The molecule has 0 spiro atoms. The number of aryl methyl sites for hydroxylation is 1. The van der Waals surface area contributed by atoms with Crippen LogP contribution in [0.25, 0.3) is 0 Å². The summed E-state index contributed by atoms with van der Waals surface area (Å²) in [5.74, 6) is 3.96. The maximum atomic E-state index is 4.48. The smallest absolute Gasteiger partial charge is 0.140 e. The highest BCUT2D eigenvalue weighted by molar-refractivity contribution is 7.98. The van der Waals surface area contributed by atoms with Gasteiger partial charge >= 0.3 is 0 Å². The van der Waals surface area contributed by atoms with E-state index in [0.717, 1.165) is 28.7 Å². The molecule has 0 saturated carbocycles. The normalized spacial score (nSPS) is 10.4. The van der Waals surface area contributed by atoms with Crippen LogP contribution in [0.5, 0.6) is 0 Å². The zero-order valence-electron chi connectivity index (χ0n) is 9.92. The number of anilines is 1. The molecular formula is C11H19N3S. The Morgan fingerprint density at radius 3 is 2.60 bits per heavy atom. The molecule has 0 amide bonds. The highest BCUT2D eigenvalue weighted by atomic mass is 32.2. The van der Waals surface area contributed by atoms with Crippen LogP contribution in [0.4, 0.5) is 5.82 Å². The summed E-state index contributed by atoms with van der Waals surface area (Å²) in [6.07, 6.45) is 1.20. The highest BCUT2D eigenvalue weighted by Gasteiger charge is 2.06. The largest absolute Gasteiger partial charge is 0.373 e. The van der Waals surface area contributed by atoms with Crippen molar-refractivity contribution in [2.75, 3.05) is 18.1 Å². The first-order valence-corrected chi connectivity index (χ1v) is 6.44. The summed E-state index contributed by atoms with van der Waals surface area (Å²) < 4.78 is 0. The average Bonchev–Trinajstić information content (AvgIpc) is 2.23. The highest BCUT2D eigenvalue weighted by Crippen LogP contribution is 2.17. The van der Waals surface area contributed by atoms with Crippen LogP contribution in [-0.4, -0.2) is 22.8 Å². The number of hydrogen-bond donors (Lipinski definition) is 1. The number of hydrogen-bond acceptors (Lipinski definition) is 4. The summed E-state index contributed by atoms with van der Waals surface area (Å²) in [6, 6.07) is 0. The van der Waals surface area contributed by atoms with Crippen molar-refractivity contribution in [2.24, 2.45) is 0 Å². The molecule has 0 atom stereocenters. The molecule has 0 aliphatic rings. The Kier molecular flexibility index (Phi) is 4.88. The molecule has 15 heavy (non-hydrogen) atoms. The Hall–Kier alpha value is -0.770. The molecule has 4 heteroatoms. The predicted octanol–water partition coefficient (Wildman–Crippen LogP) is 2.78. The molecule has 0 aliphatic heterocycles. The molecule has 0 fully saturated rings. The average molecular weight is 225 g/mol. The molecular weight excluding hydrogens is 206 g/mol. The van der Waals surface area contributed by atoms with Crippen LogP contribution < -0.4 is 5.32 Å². The van der Waals surface area contributed by atoms with Crippen molar-refractivity contribution in [1.82, 2.24) is 9.97 Å². The third-order valence-corrected chi connectivity index (χ3v) is 3.41. The van der Waals surface area contributed by atoms with E-state index in [0.29, 0.717) is 0 Å². The summed E-state index contributed by atoms with van der Waals surface area (Å²) in [5.41, 5.74) is 2.21. The maximum Gasteiger partial charge on any atom is 0.140 e. The van der Waals surface area contributed by atoms with Crippen LogP contribution >= 0.6 is 11.8 Å². The van der Waals surface area contributed by atoms with E-state index in [1.807, 2.05) is 32.7 Å². The summed E-state index contributed by atoms with van der Waals surface area (Å²) in [4.78, 5) is 8.96. The van der Waals surface area contributed by atoms with Gasteiger partial charge in [-0.3, -0.25) is 0 Å². The second-order valence-electron chi connectivity index (χ2n) is 3.50. The van der Waals surface area contributed by atoms with E-state index in [9.17, 15) is 0 Å². The lowest BCUT2D eigenvalue weighted by Crippen LogP contribution is -2.04. The van der Waals surface area contributed by atoms with E-state index in [2.05, 4.69) is 22.2 Å². The molecule has 3 nitrogen and oxygen atoms in total. The SMILES string of the molecule is CCCSCc1nc(C)c(C)c(NC)n1. The summed E-state index contributed by atoms with van der Waals surface area (Å²) in [7, 11) is 1.90. The lowest BCUT2D eigenvalue weighted by Gasteiger charge is -2.09. The molecule has 84 valence electrons. The molecule has 0 saturated heterocycles. The van der Waals surface area contributed by atoms with Crippen molar-refractivity contribution in [1.29, 1.82) is 0 Å². The number of nitrogens with one attached hydrogen (secondary N) is 1. The van der Waals surface area contributed by atoms with Crippen LogP contribution in [0.15, 0.2) is 0 Å². The van der Waals surface area contributed by atoms with Gasteiger partial charge in [-0.15, -0.1) is 0 Å². The molecule has 1 aromatic heterocycles. The molecule has 1 heterocycles. The Bertz CT molecular complexity index is 326. The van der Waals surface area contributed by atoms with Gasteiger partial charge in [0.2, 0.25) is 0 Å². The second-order valence-corrected chi connectivity index (χ2v) is 4.61. The summed E-state index contributed by atoms with van der Waals surface area (Å²) >= 11 is 1.89. The van der Waals surface area contributed by atoms with E-state index in [1.165, 1.54) is 12.2 Å². The van der Waals surface area contributed by atoms with Gasteiger partial charge < -0.3 is 5.32 Å². The quantitative estimate of drug-likeness (QED) is 0.782. The predicted molar refractivity (Wildman–Crippen MR) is 67.5 cm³/mol. The third kappa shape index (κ3) is 3.38. The van der Waals surface area contributed by atoms with Crippen molar-refractivity contribution in [2.45, 2.75) is 32.9 Å². The number of aromatic nitrogens is 2. The van der Waals surface area contributed by atoms with Crippen molar-refractivity contribution in [3.8, 4) is 0 Å². The van der Waals surface area contributed by atoms with E-state index < -0.39 is 0 Å². The summed E-state index contributed by atoms with van der Waals surface area (Å²) in [6.45, 7) is 6.27. The fourth-order valence-electron chi connectivity index (χ4n) is 1.30. The fourth-order valence-corrected chi connectivity index (χ4v) is 2.05. The van der Waals surface area contributed by atoms with Crippen molar-refractivity contribution in [3.05, 3.63) is 17.1 Å². The standard InChI is InChI=1S/C11H19N3S/c1-5-6-15-7-10-13-9(3)8(2)11(12-4)14-10/h5-7H2,1-4H3,(H,12,13,14). The molecule has 1 rings (SSSR count). The van der Waals surface area contributed by atoms with E-state index in [4.69, 9.17) is 0 Å². The van der Waals surface area contributed by atoms with E-state index in [-0.39, 0.29) is 0 Å². The van der Waals surface area contributed by atoms with Crippen molar-refractivity contribution in [3.63, 3.8) is 0 Å². The van der Waals surface area contributed by atoms with Crippen LogP contribution in [0.3, 0.4) is 0 Å². The number of nitrogens with zero attached hydrogens (tertiary/aromatic N) is 2. The summed E-state index contributed by atoms with van der Waals surface area (Å²) in [5, 5.41) is 3.11. The number of rotatable bonds is 5. The van der Waals surface area contributed by atoms with Gasteiger partial charge in [-0.25, -0.2) is 9.97 Å². The van der Waals surface area contributed by atoms with Crippen LogP contribution in [0.2, 0.25) is 0 Å². The Morgan fingerprint density at radius 2 is 2.00 bits per heavy atom. The maximum absolute atomic E-state index is 4.48. The zero-order valence-corrected chi connectivity index (χ0v) is 10.7. The van der Waals surface area contributed by atoms with Gasteiger partial charge in [-0.1, -0.05) is 6.92 Å². The molecule has 1 N–H and O–H groups in total.